The highest BCUT2D eigenvalue weighted by molar-refractivity contribution is 7.92. The summed E-state index contributed by atoms with van der Waals surface area (Å²) in [5.74, 6) is -0.313. The first-order chi connectivity index (χ1) is 9.29. The van der Waals surface area contributed by atoms with E-state index < -0.39 is 16.0 Å². The van der Waals surface area contributed by atoms with Gasteiger partial charge in [-0.25, -0.2) is 8.42 Å². The van der Waals surface area contributed by atoms with Gasteiger partial charge in [0.05, 0.1) is 32.6 Å². The standard InChI is InChI=1S/C12H17NO6S/c1-18-9-4-5-11(19-2)10(8-9)13(20(3,16)17)7-6-12(14)15/h4-5,8H,6-7H2,1-3H3,(H,14,15). The van der Waals surface area contributed by atoms with Gasteiger partial charge in [0, 0.05) is 12.6 Å². The van der Waals surface area contributed by atoms with E-state index in [1.54, 1.807) is 12.1 Å². The molecular weight excluding hydrogens is 286 g/mol. The lowest BCUT2D eigenvalue weighted by atomic mass is 10.2. The fraction of sp³-hybridized carbons (Fsp3) is 0.417. The molecular formula is C12H17NO6S. The van der Waals surface area contributed by atoms with Crippen molar-refractivity contribution in [3.63, 3.8) is 0 Å². The number of rotatable bonds is 7. The van der Waals surface area contributed by atoms with Crippen molar-refractivity contribution in [1.82, 2.24) is 0 Å². The van der Waals surface area contributed by atoms with Crippen LogP contribution in [-0.2, 0) is 14.8 Å². The predicted octanol–water partition coefficient (Wildman–Crippen LogP) is 0.944. The second-order valence-corrected chi connectivity index (χ2v) is 5.92. The molecule has 7 nitrogen and oxygen atoms in total. The normalized spacial score (nSPS) is 10.9. The van der Waals surface area contributed by atoms with Crippen molar-refractivity contribution in [2.24, 2.45) is 0 Å². The fourth-order valence-electron chi connectivity index (χ4n) is 1.65. The maximum Gasteiger partial charge on any atom is 0.305 e. The Bertz CT molecular complexity index is 584. The van der Waals surface area contributed by atoms with Crippen LogP contribution in [-0.4, -0.2) is 46.5 Å². The molecule has 0 aliphatic heterocycles. The van der Waals surface area contributed by atoms with Crippen LogP contribution in [0.4, 0.5) is 5.69 Å². The number of nitrogens with zero attached hydrogens (tertiary/aromatic N) is 1. The third-order valence-electron chi connectivity index (χ3n) is 2.58. The minimum Gasteiger partial charge on any atom is -0.497 e. The molecule has 0 saturated carbocycles. The van der Waals surface area contributed by atoms with Gasteiger partial charge in [0.15, 0.2) is 0 Å². The molecule has 8 heteroatoms. The van der Waals surface area contributed by atoms with Crippen molar-refractivity contribution in [2.45, 2.75) is 6.42 Å². The summed E-state index contributed by atoms with van der Waals surface area (Å²) in [5, 5.41) is 8.72. The molecule has 0 spiro atoms. The van der Waals surface area contributed by atoms with Gasteiger partial charge in [0.2, 0.25) is 10.0 Å². The second-order valence-electron chi connectivity index (χ2n) is 4.02. The van der Waals surface area contributed by atoms with Crippen LogP contribution in [0.3, 0.4) is 0 Å². The van der Waals surface area contributed by atoms with Crippen molar-refractivity contribution in [2.75, 3.05) is 31.3 Å². The Morgan fingerprint density at radius 1 is 1.30 bits per heavy atom. The zero-order chi connectivity index (χ0) is 15.3. The van der Waals surface area contributed by atoms with E-state index in [-0.39, 0.29) is 18.7 Å². The third kappa shape index (κ3) is 4.02. The van der Waals surface area contributed by atoms with Gasteiger partial charge in [-0.15, -0.1) is 0 Å². The Morgan fingerprint density at radius 3 is 2.40 bits per heavy atom. The van der Waals surface area contributed by atoms with E-state index in [1.807, 2.05) is 0 Å². The Morgan fingerprint density at radius 2 is 1.95 bits per heavy atom. The molecule has 1 N–H and O–H groups in total. The van der Waals surface area contributed by atoms with Crippen LogP contribution in [0.1, 0.15) is 6.42 Å². The van der Waals surface area contributed by atoms with Crippen LogP contribution in [0, 0.1) is 0 Å². The Hall–Kier alpha value is -1.96. The number of carboxylic acids is 1. The van der Waals surface area contributed by atoms with Gasteiger partial charge in [-0.05, 0) is 12.1 Å². The molecule has 0 amide bonds. The molecule has 0 radical (unpaired) electrons. The molecule has 0 unspecified atom stereocenters. The largest absolute Gasteiger partial charge is 0.497 e. The molecule has 0 heterocycles. The second kappa shape index (κ2) is 6.47. The first-order valence-corrected chi connectivity index (χ1v) is 7.56. The lowest BCUT2D eigenvalue weighted by molar-refractivity contribution is -0.136. The van der Waals surface area contributed by atoms with Gasteiger partial charge >= 0.3 is 5.97 Å². The van der Waals surface area contributed by atoms with Gasteiger partial charge in [-0.2, -0.15) is 0 Å². The number of carbonyl (C=O) groups is 1. The van der Waals surface area contributed by atoms with Crippen LogP contribution >= 0.6 is 0 Å². The number of methoxy groups -OCH3 is 2. The molecule has 0 bridgehead atoms. The molecule has 112 valence electrons. The number of ether oxygens (including phenoxy) is 2. The SMILES string of the molecule is COc1ccc(OC)c(N(CCC(=O)O)S(C)(=O)=O)c1. The Labute approximate surface area is 117 Å². The molecule has 0 fully saturated rings. The lowest BCUT2D eigenvalue weighted by Crippen LogP contribution is -2.32. The number of carboxylic acid groups (broad SMARTS) is 1. The van der Waals surface area contributed by atoms with Crippen molar-refractivity contribution in [1.29, 1.82) is 0 Å². The molecule has 0 saturated heterocycles. The number of sulfonamides is 1. The number of hydrogen-bond acceptors (Lipinski definition) is 5. The highest BCUT2D eigenvalue weighted by Gasteiger charge is 2.22. The first kappa shape index (κ1) is 16.1. The van der Waals surface area contributed by atoms with E-state index in [0.717, 1.165) is 10.6 Å². The molecule has 1 aromatic carbocycles. The quantitative estimate of drug-likeness (QED) is 0.806. The Balaban J connectivity index is 3.28. The van der Waals surface area contributed by atoms with Crippen LogP contribution in [0.15, 0.2) is 18.2 Å². The average Bonchev–Trinajstić information content (AvgIpc) is 2.36. The molecule has 1 rings (SSSR count). The zero-order valence-corrected chi connectivity index (χ0v) is 12.3. The summed E-state index contributed by atoms with van der Waals surface area (Å²) in [6.45, 7) is -0.183. The first-order valence-electron chi connectivity index (χ1n) is 5.71. The molecule has 0 aliphatic rings. The van der Waals surface area contributed by atoms with Crippen LogP contribution < -0.4 is 13.8 Å². The maximum absolute atomic E-state index is 11.8. The lowest BCUT2D eigenvalue weighted by Gasteiger charge is -2.24. The van der Waals surface area contributed by atoms with E-state index in [1.165, 1.54) is 20.3 Å². The van der Waals surface area contributed by atoms with Crippen molar-refractivity contribution >= 4 is 21.7 Å². The highest BCUT2D eigenvalue weighted by atomic mass is 32.2. The minimum absolute atomic E-state index is 0.183. The summed E-state index contributed by atoms with van der Waals surface area (Å²) in [6, 6.07) is 4.68. The average molecular weight is 303 g/mol. The van der Waals surface area contributed by atoms with Crippen molar-refractivity contribution < 1.29 is 27.8 Å². The summed E-state index contributed by atoms with van der Waals surface area (Å²) < 4.78 is 34.9. The van der Waals surface area contributed by atoms with Gasteiger partial charge < -0.3 is 14.6 Å². The van der Waals surface area contributed by atoms with E-state index in [4.69, 9.17) is 14.6 Å². The topological polar surface area (TPSA) is 93.1 Å². The molecule has 20 heavy (non-hydrogen) atoms. The predicted molar refractivity (Wildman–Crippen MR) is 74.0 cm³/mol. The van der Waals surface area contributed by atoms with Gasteiger partial charge in [-0.1, -0.05) is 0 Å². The number of benzene rings is 1. The zero-order valence-electron chi connectivity index (χ0n) is 11.5. The molecule has 1 aromatic rings. The van der Waals surface area contributed by atoms with Crippen LogP contribution in [0.25, 0.3) is 0 Å². The summed E-state index contributed by atoms with van der Waals surface area (Å²) >= 11 is 0. The van der Waals surface area contributed by atoms with Gasteiger partial charge in [0.25, 0.3) is 0 Å². The third-order valence-corrected chi connectivity index (χ3v) is 3.76. The maximum atomic E-state index is 11.8. The Kier molecular flexibility index (Phi) is 5.20. The fourth-order valence-corrected chi connectivity index (χ4v) is 2.58. The minimum atomic E-state index is -3.64. The van der Waals surface area contributed by atoms with Crippen molar-refractivity contribution in [3.05, 3.63) is 18.2 Å². The number of anilines is 1. The van der Waals surface area contributed by atoms with Crippen LogP contribution in [0.2, 0.25) is 0 Å². The van der Waals surface area contributed by atoms with Gasteiger partial charge in [0.1, 0.15) is 11.5 Å². The van der Waals surface area contributed by atoms with Gasteiger partial charge in [-0.3, -0.25) is 9.10 Å². The van der Waals surface area contributed by atoms with E-state index in [9.17, 15) is 13.2 Å². The van der Waals surface area contributed by atoms with Crippen LogP contribution in [0.5, 0.6) is 11.5 Å². The molecule has 0 aliphatic carbocycles. The molecule has 0 atom stereocenters. The highest BCUT2D eigenvalue weighted by Crippen LogP contribution is 2.33. The van der Waals surface area contributed by atoms with E-state index in [0.29, 0.717) is 11.5 Å². The number of aliphatic carboxylic acids is 1. The molecule has 0 aromatic heterocycles. The van der Waals surface area contributed by atoms with E-state index >= 15 is 0 Å². The van der Waals surface area contributed by atoms with Crippen molar-refractivity contribution in [3.8, 4) is 11.5 Å². The summed E-state index contributed by atoms with van der Waals surface area (Å²) in [7, 11) is -0.779. The summed E-state index contributed by atoms with van der Waals surface area (Å²) in [5.41, 5.74) is 0.246. The smallest absolute Gasteiger partial charge is 0.305 e. The summed E-state index contributed by atoms with van der Waals surface area (Å²) in [6.07, 6.45) is 0.696. The number of hydrogen-bond donors (Lipinski definition) is 1. The summed E-state index contributed by atoms with van der Waals surface area (Å²) in [4.78, 5) is 10.7. The monoisotopic (exact) mass is 303 g/mol. The van der Waals surface area contributed by atoms with E-state index in [2.05, 4.69) is 0 Å².